The first-order chi connectivity index (χ1) is 25.2. The number of hydrogen-bond donors (Lipinski definition) is 0. The predicted molar refractivity (Wildman–Crippen MR) is 214 cm³/mol. The van der Waals surface area contributed by atoms with Crippen molar-refractivity contribution in [3.05, 3.63) is 206 Å². The van der Waals surface area contributed by atoms with E-state index in [1.807, 2.05) is 12.1 Å². The van der Waals surface area contributed by atoms with Gasteiger partial charge in [-0.15, -0.1) is 0 Å². The average Bonchev–Trinajstić information content (AvgIpc) is 3.52. The Morgan fingerprint density at radius 1 is 0.510 bits per heavy atom. The van der Waals surface area contributed by atoms with Crippen LogP contribution in [0.4, 0.5) is 17.1 Å². The fourth-order valence-electron chi connectivity index (χ4n) is 7.57. The van der Waals surface area contributed by atoms with Crippen molar-refractivity contribution in [1.82, 2.24) is 4.57 Å². The van der Waals surface area contributed by atoms with Crippen LogP contribution < -0.4 is 4.90 Å². The summed E-state index contributed by atoms with van der Waals surface area (Å²) >= 11 is 0. The summed E-state index contributed by atoms with van der Waals surface area (Å²) in [4.78, 5) is 2.28. The van der Waals surface area contributed by atoms with E-state index in [1.54, 1.807) is 0 Å². The van der Waals surface area contributed by atoms with Crippen molar-refractivity contribution in [2.75, 3.05) is 4.90 Å². The van der Waals surface area contributed by atoms with Gasteiger partial charge in [0.1, 0.15) is 0 Å². The molecular formula is C49H36N2. The molecule has 2 atom stereocenters. The molecule has 8 aromatic rings. The van der Waals surface area contributed by atoms with Crippen LogP contribution in [0.5, 0.6) is 0 Å². The molecule has 0 saturated heterocycles. The van der Waals surface area contributed by atoms with Crippen molar-refractivity contribution in [3.8, 4) is 27.9 Å². The van der Waals surface area contributed by atoms with Crippen LogP contribution in [-0.2, 0) is 0 Å². The molecule has 2 nitrogen and oxygen atoms in total. The number of hydrogen-bond acceptors (Lipinski definition) is 1. The Kier molecular flexibility index (Phi) is 7.80. The van der Waals surface area contributed by atoms with Crippen molar-refractivity contribution in [2.24, 2.45) is 5.92 Å². The fourth-order valence-corrected chi connectivity index (χ4v) is 7.57. The highest BCUT2D eigenvalue weighted by Gasteiger charge is 2.19. The molecule has 0 saturated carbocycles. The van der Waals surface area contributed by atoms with Crippen LogP contribution in [0, 0.1) is 18.1 Å². The molecule has 51 heavy (non-hydrogen) atoms. The largest absolute Gasteiger partial charge is 0.310 e. The molecule has 1 aliphatic carbocycles. The van der Waals surface area contributed by atoms with E-state index in [9.17, 15) is 0 Å². The minimum Gasteiger partial charge on any atom is -0.310 e. The Balaban J connectivity index is 1.11. The summed E-state index contributed by atoms with van der Waals surface area (Å²) in [5, 5.41) is 2.45. The lowest BCUT2D eigenvalue weighted by atomic mass is 9.84. The standard InChI is InChI=1S/C49H36N2/c1-35-13-11-12-20-45(35)39-27-25-37(26-28-39)36-21-23-38(24-22-36)40-29-32-48-47(33-40)46-31-30-44(34-49(46)51(48)43-18-9-4-10-19-43)50(41-14-5-2-6-15-41)42-16-7-3-8-17-42/h2,4-7,9-35,45H,1H3. The molecule has 0 radical (unpaired) electrons. The summed E-state index contributed by atoms with van der Waals surface area (Å²) in [6.07, 6.45) is 8.91. The summed E-state index contributed by atoms with van der Waals surface area (Å²) in [6.45, 7) is 2.29. The lowest BCUT2D eigenvalue weighted by Crippen LogP contribution is -2.09. The van der Waals surface area contributed by atoms with Crippen LogP contribution in [0.2, 0.25) is 0 Å². The maximum Gasteiger partial charge on any atom is 0.0561 e. The molecule has 1 aromatic heterocycles. The third-order valence-electron chi connectivity index (χ3n) is 10.2. The second-order valence-corrected chi connectivity index (χ2v) is 13.3. The normalized spacial score (nSPS) is 15.2. The maximum atomic E-state index is 3.15. The SMILES string of the molecule is CC1C=CC=CC1c1ccc(-c2ccc(-c3ccc4c(c3)c3ccc(N(c5cc#ccc5)c5ccccc5)cc3n4-c3ccccc3)cc2)cc1. The number of allylic oxidation sites excluding steroid dienone is 4. The Morgan fingerprint density at radius 2 is 1.18 bits per heavy atom. The van der Waals surface area contributed by atoms with Gasteiger partial charge in [0, 0.05) is 39.8 Å². The van der Waals surface area contributed by atoms with Crippen molar-refractivity contribution < 1.29 is 0 Å². The number of anilines is 3. The third-order valence-corrected chi connectivity index (χ3v) is 10.2. The monoisotopic (exact) mass is 652 g/mol. The van der Waals surface area contributed by atoms with Gasteiger partial charge in [-0.1, -0.05) is 140 Å². The minimum atomic E-state index is 0.435. The second kappa shape index (κ2) is 13.0. The lowest BCUT2D eigenvalue weighted by Gasteiger charge is -2.25. The maximum absolute atomic E-state index is 3.15. The Morgan fingerprint density at radius 3 is 1.88 bits per heavy atom. The van der Waals surface area contributed by atoms with E-state index in [-0.39, 0.29) is 0 Å². The number of nitrogens with zero attached hydrogens (tertiary/aromatic N) is 2. The summed E-state index contributed by atoms with van der Waals surface area (Å²) in [5.41, 5.74) is 12.9. The topological polar surface area (TPSA) is 8.17 Å². The zero-order valence-electron chi connectivity index (χ0n) is 28.4. The van der Waals surface area contributed by atoms with E-state index in [1.165, 1.54) is 44.1 Å². The number of rotatable bonds is 7. The summed E-state index contributed by atoms with van der Waals surface area (Å²) in [5.74, 6) is 0.946. The summed E-state index contributed by atoms with van der Waals surface area (Å²) in [6, 6.07) is 65.2. The van der Waals surface area contributed by atoms with E-state index in [4.69, 9.17) is 0 Å². The van der Waals surface area contributed by atoms with E-state index in [0.29, 0.717) is 11.8 Å². The van der Waals surface area contributed by atoms with Crippen LogP contribution in [0.15, 0.2) is 188 Å². The van der Waals surface area contributed by atoms with Gasteiger partial charge in [0.15, 0.2) is 0 Å². The van der Waals surface area contributed by atoms with Gasteiger partial charge >= 0.3 is 0 Å². The molecule has 0 fully saturated rings. The second-order valence-electron chi connectivity index (χ2n) is 13.3. The van der Waals surface area contributed by atoms with Crippen molar-refractivity contribution in [1.29, 1.82) is 0 Å². The molecule has 0 aliphatic heterocycles. The van der Waals surface area contributed by atoms with Gasteiger partial charge in [0.05, 0.1) is 16.7 Å². The smallest absolute Gasteiger partial charge is 0.0561 e. The highest BCUT2D eigenvalue weighted by molar-refractivity contribution is 6.11. The number of aromatic nitrogens is 1. The third kappa shape index (κ3) is 5.70. The highest BCUT2D eigenvalue weighted by atomic mass is 15.1. The molecule has 7 aromatic carbocycles. The fraction of sp³-hybridized carbons (Fsp3) is 0.0612. The molecule has 9 rings (SSSR count). The molecule has 1 aliphatic rings. The first kappa shape index (κ1) is 30.5. The highest BCUT2D eigenvalue weighted by Crippen LogP contribution is 2.40. The van der Waals surface area contributed by atoms with Gasteiger partial charge in [-0.3, -0.25) is 0 Å². The van der Waals surface area contributed by atoms with Gasteiger partial charge in [-0.25, -0.2) is 0 Å². The number of para-hydroxylation sites is 2. The molecule has 0 spiro atoms. The van der Waals surface area contributed by atoms with Gasteiger partial charge in [-0.2, -0.15) is 0 Å². The Hall–Kier alpha value is -6.56. The molecule has 0 bridgehead atoms. The van der Waals surface area contributed by atoms with E-state index >= 15 is 0 Å². The molecular weight excluding hydrogens is 617 g/mol. The average molecular weight is 653 g/mol. The van der Waals surface area contributed by atoms with Crippen molar-refractivity contribution in [3.63, 3.8) is 0 Å². The number of benzene rings is 6. The molecule has 2 heteroatoms. The number of fused-ring (bicyclic) bond motifs is 3. The van der Waals surface area contributed by atoms with Crippen LogP contribution >= 0.6 is 0 Å². The van der Waals surface area contributed by atoms with Crippen LogP contribution in [0.3, 0.4) is 0 Å². The molecule has 242 valence electrons. The predicted octanol–water partition coefficient (Wildman–Crippen LogP) is 13.0. The van der Waals surface area contributed by atoms with Crippen molar-refractivity contribution in [2.45, 2.75) is 12.8 Å². The molecule has 0 N–H and O–H groups in total. The summed E-state index contributed by atoms with van der Waals surface area (Å²) in [7, 11) is 0. The zero-order chi connectivity index (χ0) is 34.1. The molecule has 0 amide bonds. The van der Waals surface area contributed by atoms with Crippen LogP contribution in [0.1, 0.15) is 18.4 Å². The van der Waals surface area contributed by atoms with Gasteiger partial charge < -0.3 is 9.47 Å². The Labute approximate surface area is 299 Å². The first-order valence-electron chi connectivity index (χ1n) is 17.6. The quantitative estimate of drug-likeness (QED) is 0.166. The van der Waals surface area contributed by atoms with Crippen LogP contribution in [0.25, 0.3) is 49.7 Å². The molecule has 2 unspecified atom stereocenters. The minimum absolute atomic E-state index is 0.435. The first-order valence-corrected chi connectivity index (χ1v) is 17.6. The lowest BCUT2D eigenvalue weighted by molar-refractivity contribution is 0.635. The summed E-state index contributed by atoms with van der Waals surface area (Å²) < 4.78 is 2.39. The van der Waals surface area contributed by atoms with Crippen LogP contribution in [-0.4, -0.2) is 4.57 Å². The molecule has 1 heterocycles. The zero-order valence-corrected chi connectivity index (χ0v) is 28.4. The van der Waals surface area contributed by atoms with E-state index in [0.717, 1.165) is 28.3 Å². The van der Waals surface area contributed by atoms with Gasteiger partial charge in [-0.05, 0) is 94.4 Å². The van der Waals surface area contributed by atoms with Crippen molar-refractivity contribution >= 4 is 38.9 Å². The van der Waals surface area contributed by atoms with Gasteiger partial charge in [0.2, 0.25) is 0 Å². The Bertz CT molecular complexity index is 2470. The van der Waals surface area contributed by atoms with E-state index in [2.05, 4.69) is 204 Å². The van der Waals surface area contributed by atoms with Gasteiger partial charge in [0.25, 0.3) is 0 Å². The van der Waals surface area contributed by atoms with E-state index < -0.39 is 0 Å².